The number of amides is 1. The maximum Gasteiger partial charge on any atom is 0.266 e. The lowest BCUT2D eigenvalue weighted by Gasteiger charge is -2.31. The molecule has 0 N–H and O–H groups in total. The van der Waals surface area contributed by atoms with Crippen molar-refractivity contribution in [1.29, 1.82) is 0 Å². The Morgan fingerprint density at radius 1 is 0.949 bits per heavy atom. The van der Waals surface area contributed by atoms with E-state index < -0.39 is 0 Å². The summed E-state index contributed by atoms with van der Waals surface area (Å²) >= 11 is 20.3. The molecule has 2 aromatic rings. The van der Waals surface area contributed by atoms with Gasteiger partial charge in [-0.15, -0.1) is 0 Å². The number of aliphatic imine (C=N–C) groups is 1. The zero-order chi connectivity index (χ0) is 27.4. The predicted molar refractivity (Wildman–Crippen MR) is 162 cm³/mol. The number of hydrogen-bond acceptors (Lipinski definition) is 5. The number of nitrogens with zero attached hydrogens (tertiary/aromatic N) is 2. The number of ether oxygens (including phenoxy) is 2. The molecule has 39 heavy (non-hydrogen) atoms. The van der Waals surface area contributed by atoms with Gasteiger partial charge >= 0.3 is 0 Å². The standard InChI is InChI=1S/C30H33Cl3N2O3S/c1-37-26-16-20(15-25(33)28(26)38-18-19-12-13-23(31)24(32)14-19)17-27-29(36)35(22-10-6-3-7-11-22)30(39-27)34-21-8-4-2-5-9-21/h12-17,21-22H,2-11,18H2,1H3. The van der Waals surface area contributed by atoms with Crippen LogP contribution in [0.15, 0.2) is 40.2 Å². The van der Waals surface area contributed by atoms with Crippen molar-refractivity contribution < 1.29 is 14.3 Å². The van der Waals surface area contributed by atoms with Crippen LogP contribution in [0.1, 0.15) is 75.3 Å². The first-order valence-electron chi connectivity index (χ1n) is 13.7. The minimum atomic E-state index is 0.0384. The monoisotopic (exact) mass is 606 g/mol. The minimum Gasteiger partial charge on any atom is -0.493 e. The van der Waals surface area contributed by atoms with E-state index in [-0.39, 0.29) is 18.6 Å². The molecule has 1 heterocycles. The van der Waals surface area contributed by atoms with Crippen molar-refractivity contribution in [3.05, 3.63) is 61.4 Å². The van der Waals surface area contributed by atoms with E-state index in [1.807, 2.05) is 23.1 Å². The van der Waals surface area contributed by atoms with Gasteiger partial charge in [-0.3, -0.25) is 14.7 Å². The largest absolute Gasteiger partial charge is 0.493 e. The van der Waals surface area contributed by atoms with Gasteiger partial charge in [0, 0.05) is 6.04 Å². The van der Waals surface area contributed by atoms with Crippen molar-refractivity contribution in [1.82, 2.24) is 4.90 Å². The zero-order valence-electron chi connectivity index (χ0n) is 22.1. The summed E-state index contributed by atoms with van der Waals surface area (Å²) in [7, 11) is 1.57. The van der Waals surface area contributed by atoms with Gasteiger partial charge in [-0.1, -0.05) is 79.4 Å². The Balaban J connectivity index is 1.39. The third-order valence-corrected chi connectivity index (χ3v) is 9.58. The van der Waals surface area contributed by atoms with Gasteiger partial charge < -0.3 is 9.47 Å². The number of benzene rings is 2. The topological polar surface area (TPSA) is 51.1 Å². The average Bonchev–Trinajstić information content (AvgIpc) is 3.24. The van der Waals surface area contributed by atoms with Gasteiger partial charge in [0.05, 0.1) is 33.1 Å². The Morgan fingerprint density at radius 3 is 2.36 bits per heavy atom. The number of thioether (sulfide) groups is 1. The van der Waals surface area contributed by atoms with Gasteiger partial charge in [-0.25, -0.2) is 0 Å². The maximum absolute atomic E-state index is 13.7. The SMILES string of the molecule is COc1cc(C=C2SC(=NC3CCCCC3)N(C3CCCCC3)C2=O)cc(Cl)c1OCc1ccc(Cl)c(Cl)c1. The molecular formula is C30H33Cl3N2O3S. The summed E-state index contributed by atoms with van der Waals surface area (Å²) in [6.45, 7) is 0.249. The molecule has 0 unspecified atom stereocenters. The number of carbonyl (C=O) groups is 1. The second kappa shape index (κ2) is 13.2. The van der Waals surface area contributed by atoms with Crippen molar-refractivity contribution in [3.63, 3.8) is 0 Å². The fourth-order valence-corrected chi connectivity index (χ4v) is 7.21. The lowest BCUT2D eigenvalue weighted by atomic mass is 9.94. The molecule has 0 bridgehead atoms. The van der Waals surface area contributed by atoms with E-state index in [0.717, 1.165) is 54.8 Å². The molecule has 0 aromatic heterocycles. The second-order valence-electron chi connectivity index (χ2n) is 10.4. The molecule has 2 saturated carbocycles. The molecule has 0 atom stereocenters. The van der Waals surface area contributed by atoms with Crippen LogP contribution in [0.4, 0.5) is 0 Å². The van der Waals surface area contributed by atoms with E-state index in [9.17, 15) is 4.79 Å². The zero-order valence-corrected chi connectivity index (χ0v) is 25.1. The number of halogens is 3. The van der Waals surface area contributed by atoms with Crippen molar-refractivity contribution in [2.45, 2.75) is 82.9 Å². The van der Waals surface area contributed by atoms with Crippen LogP contribution < -0.4 is 9.47 Å². The molecule has 1 saturated heterocycles. The summed E-state index contributed by atoms with van der Waals surface area (Å²) in [5.74, 6) is 0.961. The molecule has 1 amide bonds. The molecule has 5 rings (SSSR count). The van der Waals surface area contributed by atoms with Gasteiger partial charge in [-0.2, -0.15) is 0 Å². The first-order chi connectivity index (χ1) is 18.9. The van der Waals surface area contributed by atoms with E-state index >= 15 is 0 Å². The Bertz CT molecular complexity index is 1270. The number of carbonyl (C=O) groups excluding carboxylic acids is 1. The van der Waals surface area contributed by atoms with E-state index in [4.69, 9.17) is 49.3 Å². The average molecular weight is 608 g/mol. The molecule has 2 aromatic carbocycles. The third kappa shape index (κ3) is 6.90. The Labute approximate surface area is 249 Å². The number of rotatable bonds is 7. The molecule has 5 nitrogen and oxygen atoms in total. The Morgan fingerprint density at radius 2 is 1.67 bits per heavy atom. The fourth-order valence-electron chi connectivity index (χ4n) is 5.50. The van der Waals surface area contributed by atoms with E-state index in [1.165, 1.54) is 37.4 Å². The van der Waals surface area contributed by atoms with E-state index in [2.05, 4.69) is 0 Å². The molecule has 0 spiro atoms. The second-order valence-corrected chi connectivity index (χ2v) is 12.6. The smallest absolute Gasteiger partial charge is 0.266 e. The van der Waals surface area contributed by atoms with E-state index in [0.29, 0.717) is 37.5 Å². The van der Waals surface area contributed by atoms with Gasteiger partial charge in [0.1, 0.15) is 6.61 Å². The summed E-state index contributed by atoms with van der Waals surface area (Å²) in [6.07, 6.45) is 13.4. The first-order valence-corrected chi connectivity index (χ1v) is 15.6. The van der Waals surface area contributed by atoms with Crippen LogP contribution in [0.3, 0.4) is 0 Å². The molecule has 9 heteroatoms. The highest BCUT2D eigenvalue weighted by molar-refractivity contribution is 8.18. The Kier molecular flexibility index (Phi) is 9.70. The van der Waals surface area contributed by atoms with Gasteiger partial charge in [0.2, 0.25) is 0 Å². The van der Waals surface area contributed by atoms with Crippen LogP contribution in [0.5, 0.6) is 11.5 Å². The van der Waals surface area contributed by atoms with Crippen LogP contribution in [0.25, 0.3) is 6.08 Å². The maximum atomic E-state index is 13.7. The summed E-state index contributed by atoms with van der Waals surface area (Å²) in [5.41, 5.74) is 1.63. The molecule has 3 aliphatic rings. The van der Waals surface area contributed by atoms with Gasteiger partial charge in [-0.05, 0) is 78.9 Å². The van der Waals surface area contributed by atoms with Gasteiger partial charge in [0.25, 0.3) is 5.91 Å². The molecular weight excluding hydrogens is 575 g/mol. The minimum absolute atomic E-state index is 0.0384. The summed E-state index contributed by atoms with van der Waals surface area (Å²) in [5, 5.41) is 2.22. The summed E-state index contributed by atoms with van der Waals surface area (Å²) in [6, 6.07) is 9.52. The quantitative estimate of drug-likeness (QED) is 0.295. The third-order valence-electron chi connectivity index (χ3n) is 7.56. The first kappa shape index (κ1) is 28.7. The number of methoxy groups -OCH3 is 1. The lowest BCUT2D eigenvalue weighted by molar-refractivity contribution is -0.124. The van der Waals surface area contributed by atoms with Crippen molar-refractivity contribution >= 4 is 63.7 Å². The predicted octanol–water partition coefficient (Wildman–Crippen LogP) is 9.17. The van der Waals surface area contributed by atoms with E-state index in [1.54, 1.807) is 25.3 Å². The fraction of sp³-hybridized carbons (Fsp3) is 0.467. The number of hydrogen-bond donors (Lipinski definition) is 0. The summed E-state index contributed by atoms with van der Waals surface area (Å²) in [4.78, 5) is 21.5. The van der Waals surface area contributed by atoms with Crippen molar-refractivity contribution in [2.75, 3.05) is 7.11 Å². The summed E-state index contributed by atoms with van der Waals surface area (Å²) < 4.78 is 11.6. The highest BCUT2D eigenvalue weighted by atomic mass is 35.5. The van der Waals surface area contributed by atoms with Crippen LogP contribution in [-0.4, -0.2) is 35.2 Å². The van der Waals surface area contributed by atoms with Crippen molar-refractivity contribution in [2.24, 2.45) is 4.99 Å². The van der Waals surface area contributed by atoms with Crippen LogP contribution >= 0.6 is 46.6 Å². The number of amidine groups is 1. The molecule has 1 aliphatic heterocycles. The molecule has 208 valence electrons. The Hall–Kier alpha value is -1.86. The van der Waals surface area contributed by atoms with Gasteiger partial charge in [0.15, 0.2) is 16.7 Å². The lowest BCUT2D eigenvalue weighted by Crippen LogP contribution is -2.41. The van der Waals surface area contributed by atoms with Crippen LogP contribution in [0, 0.1) is 0 Å². The molecule has 0 radical (unpaired) electrons. The molecule has 2 aliphatic carbocycles. The van der Waals surface area contributed by atoms with Crippen LogP contribution in [-0.2, 0) is 11.4 Å². The van der Waals surface area contributed by atoms with Crippen LogP contribution in [0.2, 0.25) is 15.1 Å². The highest BCUT2D eigenvalue weighted by Gasteiger charge is 2.39. The highest BCUT2D eigenvalue weighted by Crippen LogP contribution is 2.41. The normalized spacial score (nSPS) is 21.2. The van der Waals surface area contributed by atoms with Crippen molar-refractivity contribution in [3.8, 4) is 11.5 Å². The molecule has 3 fully saturated rings.